The van der Waals surface area contributed by atoms with Crippen LogP contribution in [0.1, 0.15) is 87.0 Å². The maximum absolute atomic E-state index is 14.2. The topological polar surface area (TPSA) is 74.6 Å². The fraction of sp³-hybridized carbons (Fsp3) is 0.800. The van der Waals surface area contributed by atoms with Gasteiger partial charge in [0.05, 0.1) is 11.5 Å². The number of carboxylic acid groups (broad SMARTS) is 1. The zero-order valence-corrected chi connectivity index (χ0v) is 22.1. The Bertz CT molecular complexity index is 992. The van der Waals surface area contributed by atoms with E-state index in [1.165, 1.54) is 0 Å². The van der Waals surface area contributed by atoms with Crippen LogP contribution in [0, 0.1) is 56.7 Å². The van der Waals surface area contributed by atoms with Gasteiger partial charge in [-0.1, -0.05) is 66.2 Å². The van der Waals surface area contributed by atoms with E-state index in [4.69, 9.17) is 0 Å². The van der Waals surface area contributed by atoms with Crippen LogP contribution in [0.25, 0.3) is 0 Å². The molecule has 0 bridgehead atoms. The summed E-state index contributed by atoms with van der Waals surface area (Å²) in [6.45, 7) is 15.7. The number of carbonyl (C=O) groups is 2. The number of fused-ring (bicyclic) bond motifs is 7. The summed E-state index contributed by atoms with van der Waals surface area (Å²) in [7, 11) is 0. The fourth-order valence-corrected chi connectivity index (χ4v) is 10.2. The molecular weight excluding hydrogens is 424 g/mol. The lowest BCUT2D eigenvalue weighted by Crippen LogP contribution is -2.68. The highest BCUT2D eigenvalue weighted by molar-refractivity contribution is 5.96. The van der Waals surface area contributed by atoms with E-state index in [2.05, 4.69) is 54.5 Å². The first-order valence-corrected chi connectivity index (χ1v) is 13.5. The van der Waals surface area contributed by atoms with Gasteiger partial charge >= 0.3 is 5.97 Å². The van der Waals surface area contributed by atoms with Gasteiger partial charge in [-0.15, -0.1) is 0 Å². The number of rotatable bonds is 1. The van der Waals surface area contributed by atoms with Gasteiger partial charge < -0.3 is 10.2 Å². The molecule has 5 aliphatic rings. The number of hydrogen-bond donors (Lipinski definition) is 2. The number of aliphatic hydroxyl groups excluding tert-OH is 1. The van der Waals surface area contributed by atoms with Crippen molar-refractivity contribution in [3.63, 3.8) is 0 Å². The molecule has 0 aliphatic heterocycles. The monoisotopic (exact) mass is 468 g/mol. The molecular formula is C30H44O4. The standard InChI is InChI=1S/C30H44O4/c1-17-8-13-30(25(33)34)15-14-27(5)19(23(30)18(17)2)16-20(31)24-28(27,6)12-9-21-26(3,4)11-10-22(32)29(21,24)7/h10-11,16-18,21-24,32H,8-9,12-15H2,1-7H3,(H,33,34)/t17-,18+,21?,22+,23?,24?,27-,28-,29-,30+/m1/s1. The average molecular weight is 469 g/mol. The van der Waals surface area contributed by atoms with Gasteiger partial charge in [0.1, 0.15) is 0 Å². The first-order valence-electron chi connectivity index (χ1n) is 13.5. The summed E-state index contributed by atoms with van der Waals surface area (Å²) in [5.74, 6) is 0.00484. The second-order valence-electron chi connectivity index (χ2n) is 14.1. The van der Waals surface area contributed by atoms with Gasteiger partial charge in [0.15, 0.2) is 5.78 Å². The van der Waals surface area contributed by atoms with Gasteiger partial charge in [-0.25, -0.2) is 0 Å². The molecule has 3 fully saturated rings. The van der Waals surface area contributed by atoms with Crippen molar-refractivity contribution in [2.24, 2.45) is 56.7 Å². The Morgan fingerprint density at radius 1 is 1.00 bits per heavy atom. The average Bonchev–Trinajstić information content (AvgIpc) is 2.74. The summed E-state index contributed by atoms with van der Waals surface area (Å²) < 4.78 is 0. The minimum absolute atomic E-state index is 0.0706. The molecule has 0 radical (unpaired) electrons. The molecule has 5 aliphatic carbocycles. The van der Waals surface area contributed by atoms with Crippen molar-refractivity contribution in [3.05, 3.63) is 23.8 Å². The Morgan fingerprint density at radius 2 is 1.68 bits per heavy atom. The third-order valence-electron chi connectivity index (χ3n) is 12.6. The van der Waals surface area contributed by atoms with Crippen LogP contribution in [0.5, 0.6) is 0 Å². The molecule has 0 aromatic carbocycles. The predicted octanol–water partition coefficient (Wildman–Crippen LogP) is 6.04. The molecule has 0 saturated heterocycles. The number of aliphatic hydroxyl groups is 1. The second kappa shape index (κ2) is 7.08. The maximum atomic E-state index is 14.2. The lowest BCUT2D eigenvalue weighted by Gasteiger charge is -2.70. The predicted molar refractivity (Wildman–Crippen MR) is 133 cm³/mol. The largest absolute Gasteiger partial charge is 0.481 e. The Labute approximate surface area is 205 Å². The molecule has 10 atom stereocenters. The first kappa shape index (κ1) is 24.3. The zero-order valence-electron chi connectivity index (χ0n) is 22.1. The summed E-state index contributed by atoms with van der Waals surface area (Å²) in [4.78, 5) is 27.0. The summed E-state index contributed by atoms with van der Waals surface area (Å²) in [6, 6.07) is 0. The smallest absolute Gasteiger partial charge is 0.310 e. The van der Waals surface area contributed by atoms with E-state index in [0.717, 1.165) is 31.3 Å². The minimum Gasteiger partial charge on any atom is -0.481 e. The molecule has 4 nitrogen and oxygen atoms in total. The highest BCUT2D eigenvalue weighted by atomic mass is 16.4. The normalized spacial score (nSPS) is 53.6. The van der Waals surface area contributed by atoms with Gasteiger partial charge in [0.25, 0.3) is 0 Å². The Hall–Kier alpha value is -1.42. The number of hydrogen-bond acceptors (Lipinski definition) is 3. The third kappa shape index (κ3) is 2.64. The SMILES string of the molecule is C[C@@H]1CC[C@]2(C(=O)O)CC[C@]3(C)C(=CC(=O)C4[C@]5(C)C(CC[C@]43C)C(C)(C)C=C[C@@H]5O)C2[C@H]1C. The molecule has 2 N–H and O–H groups in total. The van der Waals surface area contributed by atoms with E-state index in [1.54, 1.807) is 0 Å². The van der Waals surface area contributed by atoms with Crippen LogP contribution >= 0.6 is 0 Å². The molecule has 34 heavy (non-hydrogen) atoms. The van der Waals surface area contributed by atoms with Crippen LogP contribution in [0.15, 0.2) is 23.8 Å². The molecule has 0 aromatic heterocycles. The van der Waals surface area contributed by atoms with E-state index in [9.17, 15) is 19.8 Å². The highest BCUT2D eigenvalue weighted by Crippen LogP contribution is 2.74. The molecule has 0 aromatic rings. The van der Waals surface area contributed by atoms with Crippen LogP contribution < -0.4 is 0 Å². The zero-order chi connectivity index (χ0) is 25.1. The van der Waals surface area contributed by atoms with E-state index in [-0.39, 0.29) is 45.7 Å². The number of carbonyl (C=O) groups excluding carboxylic acids is 1. The molecule has 5 rings (SSSR count). The van der Waals surface area contributed by atoms with Gasteiger partial charge in [0, 0.05) is 11.3 Å². The van der Waals surface area contributed by atoms with Crippen molar-refractivity contribution < 1.29 is 19.8 Å². The Morgan fingerprint density at radius 3 is 2.32 bits per heavy atom. The van der Waals surface area contributed by atoms with Gasteiger partial charge in [-0.2, -0.15) is 0 Å². The molecule has 0 heterocycles. The first-order chi connectivity index (χ1) is 15.7. The van der Waals surface area contributed by atoms with Gasteiger partial charge in [-0.3, -0.25) is 9.59 Å². The molecule has 0 spiro atoms. The lowest BCUT2D eigenvalue weighted by atomic mass is 9.33. The number of ketones is 1. The van der Waals surface area contributed by atoms with Crippen molar-refractivity contribution in [1.29, 1.82) is 0 Å². The van der Waals surface area contributed by atoms with Crippen molar-refractivity contribution in [2.75, 3.05) is 0 Å². The van der Waals surface area contributed by atoms with Crippen molar-refractivity contribution in [3.8, 4) is 0 Å². The van der Waals surface area contributed by atoms with Crippen molar-refractivity contribution in [1.82, 2.24) is 0 Å². The molecule has 3 saturated carbocycles. The maximum Gasteiger partial charge on any atom is 0.310 e. The quantitative estimate of drug-likeness (QED) is 0.460. The molecule has 3 unspecified atom stereocenters. The Kier molecular flexibility index (Phi) is 5.06. The fourth-order valence-electron chi connectivity index (χ4n) is 10.2. The van der Waals surface area contributed by atoms with Crippen molar-refractivity contribution in [2.45, 2.75) is 93.1 Å². The number of allylic oxidation sites excluding steroid dienone is 3. The lowest BCUT2D eigenvalue weighted by molar-refractivity contribution is -0.197. The molecule has 0 amide bonds. The van der Waals surface area contributed by atoms with Crippen LogP contribution in [0.2, 0.25) is 0 Å². The van der Waals surface area contributed by atoms with E-state index >= 15 is 0 Å². The van der Waals surface area contributed by atoms with Gasteiger partial charge in [-0.05, 0) is 84.5 Å². The second-order valence-corrected chi connectivity index (χ2v) is 14.1. The third-order valence-corrected chi connectivity index (χ3v) is 12.6. The van der Waals surface area contributed by atoms with Crippen LogP contribution in [0.3, 0.4) is 0 Å². The van der Waals surface area contributed by atoms with E-state index < -0.39 is 22.9 Å². The van der Waals surface area contributed by atoms with E-state index in [1.807, 2.05) is 12.2 Å². The minimum atomic E-state index is -0.753. The van der Waals surface area contributed by atoms with Crippen LogP contribution in [-0.4, -0.2) is 28.1 Å². The van der Waals surface area contributed by atoms with Gasteiger partial charge in [0.2, 0.25) is 0 Å². The van der Waals surface area contributed by atoms with Crippen LogP contribution in [0.4, 0.5) is 0 Å². The van der Waals surface area contributed by atoms with E-state index in [0.29, 0.717) is 18.8 Å². The number of aliphatic carboxylic acids is 1. The summed E-state index contributed by atoms with van der Waals surface area (Å²) >= 11 is 0. The number of carboxylic acids is 1. The van der Waals surface area contributed by atoms with Crippen molar-refractivity contribution >= 4 is 11.8 Å². The summed E-state index contributed by atoms with van der Waals surface area (Å²) in [5, 5.41) is 21.9. The van der Waals surface area contributed by atoms with Crippen LogP contribution in [-0.2, 0) is 9.59 Å². The molecule has 4 heteroatoms. The Balaban J connectivity index is 1.70. The molecule has 188 valence electrons. The highest BCUT2D eigenvalue weighted by Gasteiger charge is 2.71. The summed E-state index contributed by atoms with van der Waals surface area (Å²) in [5.41, 5.74) is -0.770. The summed E-state index contributed by atoms with van der Waals surface area (Å²) in [6.07, 6.45) is 10.4.